The van der Waals surface area contributed by atoms with Crippen LogP contribution in [0.3, 0.4) is 0 Å². The van der Waals surface area contributed by atoms with Gasteiger partial charge in [-0.05, 0) is 23.5 Å². The van der Waals surface area contributed by atoms with Crippen molar-refractivity contribution in [1.82, 2.24) is 0 Å². The van der Waals surface area contributed by atoms with Crippen LogP contribution < -0.4 is 5.73 Å². The molecule has 0 heterocycles. The average molecular weight is 240 g/mol. The molecule has 1 aromatic carbocycles. The van der Waals surface area contributed by atoms with E-state index in [-0.39, 0.29) is 17.1 Å². The molecule has 1 unspecified atom stereocenters. The fraction of sp³-hybridized carbons (Fsp3) is 0.500. The maximum absolute atomic E-state index is 13.6. The number of halogens is 1. The monoisotopic (exact) mass is 240 g/mol. The molecule has 0 aliphatic rings. The van der Waals surface area contributed by atoms with Crippen molar-refractivity contribution in [3.05, 3.63) is 39.7 Å². The van der Waals surface area contributed by atoms with Gasteiger partial charge >= 0.3 is 0 Å². The first-order valence-electron chi connectivity index (χ1n) is 5.40. The summed E-state index contributed by atoms with van der Waals surface area (Å²) in [6, 6.07) is 3.47. The molecule has 0 spiro atoms. The van der Waals surface area contributed by atoms with E-state index in [1.165, 1.54) is 12.1 Å². The average Bonchev–Trinajstić information content (AvgIpc) is 2.19. The molecule has 1 rings (SSSR count). The first-order valence-corrected chi connectivity index (χ1v) is 5.40. The topological polar surface area (TPSA) is 69.2 Å². The molecule has 5 heteroatoms. The van der Waals surface area contributed by atoms with Crippen LogP contribution in [-0.4, -0.2) is 11.0 Å². The van der Waals surface area contributed by atoms with Gasteiger partial charge < -0.3 is 5.73 Å². The van der Waals surface area contributed by atoms with Crippen LogP contribution in [0.2, 0.25) is 0 Å². The molecule has 94 valence electrons. The molecule has 0 aliphatic carbocycles. The van der Waals surface area contributed by atoms with E-state index < -0.39 is 10.7 Å². The van der Waals surface area contributed by atoms with Crippen molar-refractivity contribution in [2.75, 3.05) is 0 Å². The van der Waals surface area contributed by atoms with Gasteiger partial charge in [0.25, 0.3) is 5.69 Å². The summed E-state index contributed by atoms with van der Waals surface area (Å²) in [5.41, 5.74) is 5.99. The van der Waals surface area contributed by atoms with Crippen molar-refractivity contribution in [2.24, 2.45) is 11.1 Å². The fourth-order valence-electron chi connectivity index (χ4n) is 1.36. The smallest absolute Gasteiger partial charge is 0.272 e. The normalized spacial score (nSPS) is 13.5. The largest absolute Gasteiger partial charge is 0.327 e. The summed E-state index contributed by atoms with van der Waals surface area (Å²) >= 11 is 0. The third-order valence-electron chi connectivity index (χ3n) is 2.80. The molecule has 0 radical (unpaired) electrons. The second-order valence-electron chi connectivity index (χ2n) is 5.21. The Bertz CT molecular complexity index is 427. The van der Waals surface area contributed by atoms with Gasteiger partial charge in [-0.3, -0.25) is 10.1 Å². The van der Waals surface area contributed by atoms with Crippen LogP contribution in [0, 0.1) is 21.3 Å². The van der Waals surface area contributed by atoms with Crippen LogP contribution in [0.15, 0.2) is 18.2 Å². The number of nitrogens with two attached hydrogens (primary N) is 1. The highest BCUT2D eigenvalue weighted by Gasteiger charge is 2.22. The summed E-state index contributed by atoms with van der Waals surface area (Å²) in [7, 11) is 0. The van der Waals surface area contributed by atoms with E-state index in [1.54, 1.807) is 0 Å². The Labute approximate surface area is 99.8 Å². The number of benzene rings is 1. The summed E-state index contributed by atoms with van der Waals surface area (Å²) in [6.45, 7) is 5.92. The maximum atomic E-state index is 13.6. The van der Waals surface area contributed by atoms with Crippen LogP contribution in [-0.2, 0) is 6.42 Å². The molecule has 4 nitrogen and oxygen atoms in total. The summed E-state index contributed by atoms with van der Waals surface area (Å²) < 4.78 is 13.6. The molecule has 0 fully saturated rings. The minimum Gasteiger partial charge on any atom is -0.327 e. The van der Waals surface area contributed by atoms with Crippen LogP contribution in [0.5, 0.6) is 0 Å². The molecule has 1 aromatic rings. The van der Waals surface area contributed by atoms with Gasteiger partial charge in [-0.15, -0.1) is 0 Å². The summed E-state index contributed by atoms with van der Waals surface area (Å²) in [5, 5.41) is 10.5. The highest BCUT2D eigenvalue weighted by molar-refractivity contribution is 5.34. The number of nitro benzene ring substituents is 1. The van der Waals surface area contributed by atoms with Gasteiger partial charge in [-0.1, -0.05) is 20.8 Å². The lowest BCUT2D eigenvalue weighted by molar-refractivity contribution is -0.385. The van der Waals surface area contributed by atoms with Crippen molar-refractivity contribution in [2.45, 2.75) is 33.2 Å². The number of nitro groups is 1. The summed E-state index contributed by atoms with van der Waals surface area (Å²) in [5.74, 6) is -0.570. The van der Waals surface area contributed by atoms with Crippen molar-refractivity contribution in [1.29, 1.82) is 0 Å². The Morgan fingerprint density at radius 2 is 2.06 bits per heavy atom. The minimum atomic E-state index is -0.615. The van der Waals surface area contributed by atoms with Gasteiger partial charge in [0.2, 0.25) is 0 Å². The summed E-state index contributed by atoms with van der Waals surface area (Å²) in [6.07, 6.45) is 0.368. The molecule has 17 heavy (non-hydrogen) atoms. The lowest BCUT2D eigenvalue weighted by atomic mass is 9.83. The molecule has 0 amide bonds. The Kier molecular flexibility index (Phi) is 3.83. The van der Waals surface area contributed by atoms with Crippen LogP contribution >= 0.6 is 0 Å². The SMILES string of the molecule is CC(C)(C)C(N)Cc1ccc([N+](=O)[O-])cc1F. The summed E-state index contributed by atoms with van der Waals surface area (Å²) in [4.78, 5) is 9.85. The Hall–Kier alpha value is -1.49. The molecular formula is C12H17FN2O2. The van der Waals surface area contributed by atoms with Crippen molar-refractivity contribution < 1.29 is 9.31 Å². The second-order valence-corrected chi connectivity index (χ2v) is 5.21. The molecule has 1 atom stereocenters. The second kappa shape index (κ2) is 4.79. The first-order chi connectivity index (χ1) is 7.71. The Morgan fingerprint density at radius 3 is 2.47 bits per heavy atom. The Balaban J connectivity index is 2.90. The van der Waals surface area contributed by atoms with Crippen LogP contribution in [0.1, 0.15) is 26.3 Å². The van der Waals surface area contributed by atoms with E-state index >= 15 is 0 Å². The molecular weight excluding hydrogens is 223 g/mol. The zero-order valence-electron chi connectivity index (χ0n) is 10.2. The van der Waals surface area contributed by atoms with Gasteiger partial charge in [0.15, 0.2) is 0 Å². The minimum absolute atomic E-state index is 0.131. The van der Waals surface area contributed by atoms with E-state index in [2.05, 4.69) is 0 Å². The van der Waals surface area contributed by atoms with E-state index in [9.17, 15) is 14.5 Å². The van der Waals surface area contributed by atoms with Crippen molar-refractivity contribution >= 4 is 5.69 Å². The Morgan fingerprint density at radius 1 is 1.47 bits per heavy atom. The zero-order chi connectivity index (χ0) is 13.2. The highest BCUT2D eigenvalue weighted by Crippen LogP contribution is 2.23. The van der Waals surface area contributed by atoms with E-state index in [0.29, 0.717) is 12.0 Å². The van der Waals surface area contributed by atoms with Crippen LogP contribution in [0.25, 0.3) is 0 Å². The fourth-order valence-corrected chi connectivity index (χ4v) is 1.36. The number of hydrogen-bond acceptors (Lipinski definition) is 3. The van der Waals surface area contributed by atoms with Crippen molar-refractivity contribution in [3.63, 3.8) is 0 Å². The zero-order valence-corrected chi connectivity index (χ0v) is 10.2. The van der Waals surface area contributed by atoms with Gasteiger partial charge in [0, 0.05) is 12.1 Å². The third-order valence-corrected chi connectivity index (χ3v) is 2.80. The number of non-ortho nitro benzene ring substituents is 1. The molecule has 0 aromatic heterocycles. The van der Waals surface area contributed by atoms with Crippen molar-refractivity contribution in [3.8, 4) is 0 Å². The third kappa shape index (κ3) is 3.49. The van der Waals surface area contributed by atoms with Gasteiger partial charge in [-0.25, -0.2) is 4.39 Å². The van der Waals surface area contributed by atoms with Gasteiger partial charge in [-0.2, -0.15) is 0 Å². The molecule has 0 aliphatic heterocycles. The number of hydrogen-bond donors (Lipinski definition) is 1. The molecule has 2 N–H and O–H groups in total. The van der Waals surface area contributed by atoms with E-state index in [1.807, 2.05) is 20.8 Å². The predicted octanol–water partition coefficient (Wildman–Crippen LogP) is 2.65. The number of nitrogens with zero attached hydrogens (tertiary/aromatic N) is 1. The molecule has 0 saturated heterocycles. The number of rotatable bonds is 3. The molecule has 0 bridgehead atoms. The van der Waals surface area contributed by atoms with Gasteiger partial charge in [0.05, 0.1) is 11.0 Å². The lowest BCUT2D eigenvalue weighted by Gasteiger charge is -2.27. The molecule has 0 saturated carbocycles. The standard InChI is InChI=1S/C12H17FN2O2/c1-12(2,3)11(14)6-8-4-5-9(15(16)17)7-10(8)13/h4-5,7,11H,6,14H2,1-3H3. The van der Waals surface area contributed by atoms with Gasteiger partial charge in [0.1, 0.15) is 5.82 Å². The van der Waals surface area contributed by atoms with E-state index in [4.69, 9.17) is 5.73 Å². The van der Waals surface area contributed by atoms with Crippen LogP contribution in [0.4, 0.5) is 10.1 Å². The maximum Gasteiger partial charge on any atom is 0.272 e. The predicted molar refractivity (Wildman–Crippen MR) is 64.2 cm³/mol. The quantitative estimate of drug-likeness (QED) is 0.652. The lowest BCUT2D eigenvalue weighted by Crippen LogP contribution is -2.37. The van der Waals surface area contributed by atoms with E-state index in [0.717, 1.165) is 6.07 Å². The first kappa shape index (κ1) is 13.6. The highest BCUT2D eigenvalue weighted by atomic mass is 19.1.